The molecule has 3 aromatic rings. The summed E-state index contributed by atoms with van der Waals surface area (Å²) in [5.41, 5.74) is 7.88. The van der Waals surface area contributed by atoms with Crippen LogP contribution in [0.15, 0.2) is 42.5 Å². The SMILES string of the molecule is COc1ccc([C@@H](N)c2nc(-c3ccccc3Cl)n[nH]2)cc1OC. The maximum absolute atomic E-state index is 6.30. The number of halogens is 1. The van der Waals surface area contributed by atoms with Gasteiger partial charge in [0.25, 0.3) is 0 Å². The Labute approximate surface area is 144 Å². The summed E-state index contributed by atoms with van der Waals surface area (Å²) < 4.78 is 10.5. The molecule has 24 heavy (non-hydrogen) atoms. The molecular formula is C17H17ClN4O2. The van der Waals surface area contributed by atoms with E-state index < -0.39 is 6.04 Å². The molecule has 0 aliphatic rings. The monoisotopic (exact) mass is 344 g/mol. The highest BCUT2D eigenvalue weighted by Crippen LogP contribution is 2.31. The summed E-state index contributed by atoms with van der Waals surface area (Å²) in [6.45, 7) is 0. The summed E-state index contributed by atoms with van der Waals surface area (Å²) in [7, 11) is 3.17. The number of benzene rings is 2. The van der Waals surface area contributed by atoms with Gasteiger partial charge in [-0.1, -0.05) is 29.8 Å². The lowest BCUT2D eigenvalue weighted by Gasteiger charge is -2.13. The Balaban J connectivity index is 1.91. The molecule has 0 aliphatic heterocycles. The first-order valence-electron chi connectivity index (χ1n) is 7.28. The molecule has 0 fully saturated rings. The summed E-state index contributed by atoms with van der Waals surface area (Å²) in [5.74, 6) is 2.29. The van der Waals surface area contributed by atoms with E-state index in [1.165, 1.54) is 0 Å². The fraction of sp³-hybridized carbons (Fsp3) is 0.176. The molecule has 3 rings (SSSR count). The molecule has 0 bridgehead atoms. The molecule has 0 spiro atoms. The summed E-state index contributed by atoms with van der Waals surface area (Å²) in [6, 6.07) is 12.4. The lowest BCUT2D eigenvalue weighted by molar-refractivity contribution is 0.354. The highest BCUT2D eigenvalue weighted by Gasteiger charge is 2.17. The summed E-state index contributed by atoms with van der Waals surface area (Å²) in [6.07, 6.45) is 0. The molecule has 1 heterocycles. The van der Waals surface area contributed by atoms with Crippen molar-refractivity contribution in [1.82, 2.24) is 15.2 Å². The predicted octanol–water partition coefficient (Wildman–Crippen LogP) is 3.19. The number of nitrogens with zero attached hydrogens (tertiary/aromatic N) is 2. The van der Waals surface area contributed by atoms with E-state index in [1.54, 1.807) is 26.4 Å². The molecule has 2 aromatic carbocycles. The van der Waals surface area contributed by atoms with Gasteiger partial charge in [-0.25, -0.2) is 4.98 Å². The second-order valence-corrected chi connectivity index (χ2v) is 5.52. The lowest BCUT2D eigenvalue weighted by Crippen LogP contribution is -2.14. The molecule has 7 heteroatoms. The average Bonchev–Trinajstić information content (AvgIpc) is 3.10. The minimum absolute atomic E-state index is 0.478. The number of nitrogens with two attached hydrogens (primary N) is 1. The zero-order valence-corrected chi connectivity index (χ0v) is 14.0. The van der Waals surface area contributed by atoms with Gasteiger partial charge in [0.05, 0.1) is 25.3 Å². The standard InChI is InChI=1S/C17H17ClN4O2/c1-23-13-8-7-10(9-14(13)24-2)15(19)17-20-16(21-22-17)11-5-3-4-6-12(11)18/h3-9,15H,19H2,1-2H3,(H,20,21,22)/t15-/m1/s1. The average molecular weight is 345 g/mol. The molecule has 1 aromatic heterocycles. The van der Waals surface area contributed by atoms with Gasteiger partial charge in [-0.05, 0) is 29.8 Å². The van der Waals surface area contributed by atoms with E-state index in [1.807, 2.05) is 30.3 Å². The van der Waals surface area contributed by atoms with Crippen molar-refractivity contribution in [1.29, 1.82) is 0 Å². The zero-order valence-electron chi connectivity index (χ0n) is 13.3. The van der Waals surface area contributed by atoms with Crippen molar-refractivity contribution in [3.8, 4) is 22.9 Å². The topological polar surface area (TPSA) is 86.0 Å². The van der Waals surface area contributed by atoms with Gasteiger partial charge in [0.1, 0.15) is 5.82 Å². The number of methoxy groups -OCH3 is 2. The lowest BCUT2D eigenvalue weighted by atomic mass is 10.1. The Morgan fingerprint density at radius 2 is 1.83 bits per heavy atom. The van der Waals surface area contributed by atoms with Crippen molar-refractivity contribution in [2.24, 2.45) is 5.73 Å². The number of H-pyrrole nitrogens is 1. The minimum Gasteiger partial charge on any atom is -0.493 e. The maximum Gasteiger partial charge on any atom is 0.182 e. The minimum atomic E-state index is -0.478. The van der Waals surface area contributed by atoms with Gasteiger partial charge in [0, 0.05) is 5.56 Å². The smallest absolute Gasteiger partial charge is 0.182 e. The van der Waals surface area contributed by atoms with Gasteiger partial charge in [-0.15, -0.1) is 0 Å². The highest BCUT2D eigenvalue weighted by atomic mass is 35.5. The van der Waals surface area contributed by atoms with Crippen LogP contribution >= 0.6 is 11.6 Å². The molecule has 0 amide bonds. The van der Waals surface area contributed by atoms with E-state index in [2.05, 4.69) is 15.2 Å². The molecule has 0 saturated carbocycles. The largest absolute Gasteiger partial charge is 0.493 e. The van der Waals surface area contributed by atoms with Crippen LogP contribution in [0.3, 0.4) is 0 Å². The summed E-state index contributed by atoms with van der Waals surface area (Å²) >= 11 is 6.18. The van der Waals surface area contributed by atoms with Crippen LogP contribution in [0.2, 0.25) is 5.02 Å². The van der Waals surface area contributed by atoms with Crippen LogP contribution in [0.25, 0.3) is 11.4 Å². The quantitative estimate of drug-likeness (QED) is 0.742. The van der Waals surface area contributed by atoms with E-state index in [0.717, 1.165) is 11.1 Å². The zero-order chi connectivity index (χ0) is 17.1. The maximum atomic E-state index is 6.30. The van der Waals surface area contributed by atoms with Crippen LogP contribution in [0.5, 0.6) is 11.5 Å². The first-order valence-corrected chi connectivity index (χ1v) is 7.66. The van der Waals surface area contributed by atoms with Gasteiger partial charge in [0.15, 0.2) is 17.3 Å². The van der Waals surface area contributed by atoms with Crippen molar-refractivity contribution in [2.75, 3.05) is 14.2 Å². The van der Waals surface area contributed by atoms with Crippen molar-refractivity contribution in [2.45, 2.75) is 6.04 Å². The van der Waals surface area contributed by atoms with Gasteiger partial charge >= 0.3 is 0 Å². The summed E-state index contributed by atoms with van der Waals surface area (Å²) in [5, 5.41) is 7.68. The number of rotatable bonds is 5. The molecule has 0 aliphatic carbocycles. The van der Waals surface area contributed by atoms with Crippen LogP contribution < -0.4 is 15.2 Å². The Morgan fingerprint density at radius 1 is 1.08 bits per heavy atom. The Bertz CT molecular complexity index is 850. The van der Waals surface area contributed by atoms with E-state index in [9.17, 15) is 0 Å². The second-order valence-electron chi connectivity index (χ2n) is 5.12. The van der Waals surface area contributed by atoms with Gasteiger partial charge in [-0.2, -0.15) is 5.10 Å². The van der Waals surface area contributed by atoms with E-state index in [-0.39, 0.29) is 0 Å². The third-order valence-electron chi connectivity index (χ3n) is 3.68. The van der Waals surface area contributed by atoms with Crippen LogP contribution in [0.1, 0.15) is 17.4 Å². The third-order valence-corrected chi connectivity index (χ3v) is 4.01. The number of nitrogens with one attached hydrogen (secondary N) is 1. The molecule has 3 N–H and O–H groups in total. The Morgan fingerprint density at radius 3 is 2.54 bits per heavy atom. The molecule has 0 radical (unpaired) electrons. The van der Waals surface area contributed by atoms with E-state index >= 15 is 0 Å². The van der Waals surface area contributed by atoms with Crippen molar-refractivity contribution in [3.05, 3.63) is 58.9 Å². The second kappa shape index (κ2) is 6.90. The first kappa shape index (κ1) is 16.3. The van der Waals surface area contributed by atoms with Crippen LogP contribution in [-0.4, -0.2) is 29.4 Å². The normalized spacial score (nSPS) is 12.0. The van der Waals surface area contributed by atoms with E-state index in [4.69, 9.17) is 26.8 Å². The van der Waals surface area contributed by atoms with Gasteiger partial charge < -0.3 is 15.2 Å². The molecule has 6 nitrogen and oxygen atoms in total. The van der Waals surface area contributed by atoms with Crippen LogP contribution in [0, 0.1) is 0 Å². The van der Waals surface area contributed by atoms with Crippen LogP contribution in [-0.2, 0) is 0 Å². The number of ether oxygens (including phenoxy) is 2. The van der Waals surface area contributed by atoms with Gasteiger partial charge in [0.2, 0.25) is 0 Å². The Hall–Kier alpha value is -2.57. The molecular weight excluding hydrogens is 328 g/mol. The van der Waals surface area contributed by atoms with Crippen LogP contribution in [0.4, 0.5) is 0 Å². The van der Waals surface area contributed by atoms with Crippen molar-refractivity contribution < 1.29 is 9.47 Å². The third kappa shape index (κ3) is 3.06. The van der Waals surface area contributed by atoms with E-state index in [0.29, 0.717) is 28.2 Å². The predicted molar refractivity (Wildman–Crippen MR) is 92.4 cm³/mol. The molecule has 124 valence electrons. The fourth-order valence-corrected chi connectivity index (χ4v) is 2.60. The molecule has 0 unspecified atom stereocenters. The number of aromatic nitrogens is 3. The number of hydrogen-bond acceptors (Lipinski definition) is 5. The fourth-order valence-electron chi connectivity index (χ4n) is 2.38. The number of aromatic amines is 1. The Kier molecular flexibility index (Phi) is 4.69. The van der Waals surface area contributed by atoms with Crippen molar-refractivity contribution in [3.63, 3.8) is 0 Å². The number of hydrogen-bond donors (Lipinski definition) is 2. The van der Waals surface area contributed by atoms with Crippen molar-refractivity contribution >= 4 is 11.6 Å². The molecule has 0 saturated heterocycles. The highest BCUT2D eigenvalue weighted by molar-refractivity contribution is 6.33. The summed E-state index contributed by atoms with van der Waals surface area (Å²) in [4.78, 5) is 4.47. The first-order chi connectivity index (χ1) is 11.6. The molecule has 1 atom stereocenters. The van der Waals surface area contributed by atoms with Gasteiger partial charge in [-0.3, -0.25) is 5.10 Å².